The van der Waals surface area contributed by atoms with Crippen LogP contribution in [0.25, 0.3) is 16.8 Å². The molecule has 0 atom stereocenters. The lowest BCUT2D eigenvalue weighted by Crippen LogP contribution is -2.26. The Labute approximate surface area is 163 Å². The Morgan fingerprint density at radius 2 is 1.97 bits per heavy atom. The zero-order chi connectivity index (χ0) is 20.7. The molecule has 3 aromatic rings. The molecule has 0 bridgehead atoms. The molecule has 29 heavy (non-hydrogen) atoms. The van der Waals surface area contributed by atoms with Crippen molar-refractivity contribution in [3.8, 4) is 16.8 Å². The van der Waals surface area contributed by atoms with Crippen molar-refractivity contribution in [3.05, 3.63) is 68.3 Å². The highest BCUT2D eigenvalue weighted by atomic mass is 16.5. The molecule has 0 radical (unpaired) electrons. The summed E-state index contributed by atoms with van der Waals surface area (Å²) >= 11 is 0. The van der Waals surface area contributed by atoms with Crippen LogP contribution in [0.5, 0.6) is 0 Å². The molecule has 0 aliphatic carbocycles. The summed E-state index contributed by atoms with van der Waals surface area (Å²) in [5.41, 5.74) is 0.173. The summed E-state index contributed by atoms with van der Waals surface area (Å²) in [5, 5.41) is 4.40. The number of fused-ring (bicyclic) bond motifs is 3. The average molecular weight is 395 g/mol. The van der Waals surface area contributed by atoms with Crippen molar-refractivity contribution < 1.29 is 14.3 Å². The highest BCUT2D eigenvalue weighted by Gasteiger charge is 2.32. The van der Waals surface area contributed by atoms with E-state index < -0.39 is 17.2 Å². The summed E-state index contributed by atoms with van der Waals surface area (Å²) in [6, 6.07) is 6.86. The number of para-hydroxylation sites is 1. The van der Waals surface area contributed by atoms with Crippen LogP contribution in [0, 0.1) is 0 Å². The predicted molar refractivity (Wildman–Crippen MR) is 102 cm³/mol. The third-order valence-corrected chi connectivity index (χ3v) is 4.63. The number of H-pyrrole nitrogens is 2. The molecule has 148 valence electrons. The van der Waals surface area contributed by atoms with Gasteiger partial charge in [-0.15, -0.1) is 0 Å². The number of nitrogens with zero attached hydrogens (tertiary/aromatic N) is 3. The molecule has 1 aromatic carbocycles. The molecule has 1 amide bonds. The summed E-state index contributed by atoms with van der Waals surface area (Å²) in [5.74, 6) is -0.926. The maximum atomic E-state index is 12.8. The van der Waals surface area contributed by atoms with Gasteiger partial charge in [0.05, 0.1) is 35.7 Å². The second kappa shape index (κ2) is 6.89. The van der Waals surface area contributed by atoms with Crippen LogP contribution in [-0.2, 0) is 11.3 Å². The standard InChI is InChI=1S/C19H17N5O5/c1-3-29-18(27)15-14(11-8-20-19(28)21-16(11)25)13-9-23(2)17(26)10-6-4-5-7-12(10)24(13)22-15/h4-8H,3,9H2,1-2H3,(H2,20,21,25,28). The first-order valence-electron chi connectivity index (χ1n) is 8.88. The summed E-state index contributed by atoms with van der Waals surface area (Å²) in [6.07, 6.45) is 1.22. The van der Waals surface area contributed by atoms with Crippen molar-refractivity contribution in [3.63, 3.8) is 0 Å². The number of aromatic amines is 2. The van der Waals surface area contributed by atoms with Gasteiger partial charge in [0.25, 0.3) is 11.5 Å². The van der Waals surface area contributed by atoms with Crippen LogP contribution < -0.4 is 11.2 Å². The van der Waals surface area contributed by atoms with E-state index in [1.165, 1.54) is 15.8 Å². The van der Waals surface area contributed by atoms with Crippen molar-refractivity contribution in [1.29, 1.82) is 0 Å². The lowest BCUT2D eigenvalue weighted by atomic mass is 10.1. The smallest absolute Gasteiger partial charge is 0.359 e. The highest BCUT2D eigenvalue weighted by Crippen LogP contribution is 2.32. The number of aromatic nitrogens is 4. The number of esters is 1. The molecule has 1 aliphatic rings. The maximum absolute atomic E-state index is 12.8. The molecule has 0 spiro atoms. The Balaban J connectivity index is 2.08. The van der Waals surface area contributed by atoms with Gasteiger partial charge in [-0.05, 0) is 19.1 Å². The van der Waals surface area contributed by atoms with Gasteiger partial charge in [-0.3, -0.25) is 14.6 Å². The van der Waals surface area contributed by atoms with Gasteiger partial charge in [-0.1, -0.05) is 12.1 Å². The zero-order valence-corrected chi connectivity index (χ0v) is 15.7. The van der Waals surface area contributed by atoms with E-state index in [4.69, 9.17) is 4.74 Å². The molecular formula is C19H17N5O5. The Morgan fingerprint density at radius 1 is 1.21 bits per heavy atom. The number of carbonyl (C=O) groups is 2. The van der Waals surface area contributed by atoms with Crippen molar-refractivity contribution in [2.45, 2.75) is 13.5 Å². The van der Waals surface area contributed by atoms with Crippen molar-refractivity contribution in [2.24, 2.45) is 0 Å². The van der Waals surface area contributed by atoms with Gasteiger partial charge in [-0.2, -0.15) is 5.10 Å². The van der Waals surface area contributed by atoms with E-state index in [-0.39, 0.29) is 35.9 Å². The second-order valence-electron chi connectivity index (χ2n) is 6.47. The van der Waals surface area contributed by atoms with Crippen LogP contribution in [0.4, 0.5) is 0 Å². The number of amides is 1. The van der Waals surface area contributed by atoms with Crippen LogP contribution in [0.2, 0.25) is 0 Å². The minimum Gasteiger partial charge on any atom is -0.461 e. The van der Waals surface area contributed by atoms with Crippen LogP contribution in [0.1, 0.15) is 33.5 Å². The Kier molecular flexibility index (Phi) is 4.38. The molecule has 0 saturated heterocycles. The van der Waals surface area contributed by atoms with Gasteiger partial charge in [0, 0.05) is 18.8 Å². The first-order valence-corrected chi connectivity index (χ1v) is 8.88. The first-order chi connectivity index (χ1) is 13.9. The lowest BCUT2D eigenvalue weighted by molar-refractivity contribution is 0.0519. The molecule has 2 aromatic heterocycles. The third-order valence-electron chi connectivity index (χ3n) is 4.63. The molecule has 0 saturated carbocycles. The average Bonchev–Trinajstić information content (AvgIpc) is 3.02. The SMILES string of the molecule is CCOC(=O)c1nn2c(c1-c1c[nH]c(=O)[nH]c1=O)CN(C)C(=O)c1ccccc1-2. The minimum absolute atomic E-state index is 0.0501. The van der Waals surface area contributed by atoms with Crippen LogP contribution in [-0.4, -0.2) is 50.2 Å². The molecule has 0 unspecified atom stereocenters. The topological polar surface area (TPSA) is 130 Å². The Morgan fingerprint density at radius 3 is 2.69 bits per heavy atom. The maximum Gasteiger partial charge on any atom is 0.359 e. The summed E-state index contributed by atoms with van der Waals surface area (Å²) in [7, 11) is 1.62. The van der Waals surface area contributed by atoms with Gasteiger partial charge >= 0.3 is 11.7 Å². The van der Waals surface area contributed by atoms with E-state index in [2.05, 4.69) is 15.1 Å². The fourth-order valence-corrected chi connectivity index (χ4v) is 3.36. The second-order valence-corrected chi connectivity index (χ2v) is 6.47. The number of nitrogens with one attached hydrogen (secondary N) is 2. The number of ether oxygens (including phenoxy) is 1. The molecule has 10 heteroatoms. The van der Waals surface area contributed by atoms with Crippen LogP contribution >= 0.6 is 0 Å². The van der Waals surface area contributed by atoms with E-state index in [0.717, 1.165) is 0 Å². The molecule has 3 heterocycles. The van der Waals surface area contributed by atoms with Crippen LogP contribution in [0.15, 0.2) is 40.1 Å². The fraction of sp³-hybridized carbons (Fsp3) is 0.211. The van der Waals surface area contributed by atoms with Crippen molar-refractivity contribution >= 4 is 11.9 Å². The molecular weight excluding hydrogens is 378 g/mol. The fourth-order valence-electron chi connectivity index (χ4n) is 3.36. The molecule has 4 rings (SSSR count). The largest absolute Gasteiger partial charge is 0.461 e. The molecule has 10 nitrogen and oxygen atoms in total. The van der Waals surface area contributed by atoms with E-state index in [1.807, 2.05) is 0 Å². The molecule has 1 aliphatic heterocycles. The summed E-state index contributed by atoms with van der Waals surface area (Å²) in [6.45, 7) is 1.87. The van der Waals surface area contributed by atoms with Gasteiger partial charge in [0.2, 0.25) is 0 Å². The number of benzene rings is 1. The quantitative estimate of drug-likeness (QED) is 0.627. The van der Waals surface area contributed by atoms with Crippen molar-refractivity contribution in [2.75, 3.05) is 13.7 Å². The van der Waals surface area contributed by atoms with E-state index in [0.29, 0.717) is 16.9 Å². The number of hydrogen-bond acceptors (Lipinski definition) is 6. The summed E-state index contributed by atoms with van der Waals surface area (Å²) in [4.78, 5) is 55.4. The van der Waals surface area contributed by atoms with E-state index in [9.17, 15) is 19.2 Å². The number of carbonyl (C=O) groups excluding carboxylic acids is 2. The Hall–Kier alpha value is -3.95. The molecule has 2 N–H and O–H groups in total. The van der Waals surface area contributed by atoms with Crippen molar-refractivity contribution in [1.82, 2.24) is 24.6 Å². The van der Waals surface area contributed by atoms with Gasteiger partial charge in [0.15, 0.2) is 5.69 Å². The third kappa shape index (κ3) is 2.94. The van der Waals surface area contributed by atoms with E-state index in [1.54, 1.807) is 38.2 Å². The minimum atomic E-state index is -0.708. The summed E-state index contributed by atoms with van der Waals surface area (Å²) < 4.78 is 6.59. The van der Waals surface area contributed by atoms with Crippen LogP contribution in [0.3, 0.4) is 0 Å². The predicted octanol–water partition coefficient (Wildman–Crippen LogP) is 0.678. The van der Waals surface area contributed by atoms with Gasteiger partial charge in [-0.25, -0.2) is 14.3 Å². The normalized spacial score (nSPS) is 12.9. The Bertz CT molecular complexity index is 1250. The lowest BCUT2D eigenvalue weighted by Gasteiger charge is -2.15. The van der Waals surface area contributed by atoms with Gasteiger partial charge < -0.3 is 14.6 Å². The number of rotatable bonds is 3. The monoisotopic (exact) mass is 395 g/mol. The first kappa shape index (κ1) is 18.4. The zero-order valence-electron chi connectivity index (χ0n) is 15.7. The van der Waals surface area contributed by atoms with Gasteiger partial charge in [0.1, 0.15) is 0 Å². The highest BCUT2D eigenvalue weighted by molar-refractivity contribution is 6.00. The van der Waals surface area contributed by atoms with E-state index >= 15 is 0 Å². The number of hydrogen-bond donors (Lipinski definition) is 2. The molecule has 0 fully saturated rings.